The van der Waals surface area contributed by atoms with Crippen LogP contribution >= 0.6 is 0 Å². The van der Waals surface area contributed by atoms with E-state index in [1.54, 1.807) is 6.26 Å². The molecule has 2 heteroatoms. The molecule has 0 aliphatic heterocycles. The normalized spacial score (nSPS) is 12.3. The van der Waals surface area contributed by atoms with Crippen LogP contribution in [0.15, 0.2) is 22.8 Å². The number of rotatable bonds is 5. The highest BCUT2D eigenvalue weighted by Gasteiger charge is 2.05. The third-order valence-electron chi connectivity index (χ3n) is 1.92. The lowest BCUT2D eigenvalue weighted by molar-refractivity contribution is 0.430. The summed E-state index contributed by atoms with van der Waals surface area (Å²) in [5.74, 6) is 3.59. The van der Waals surface area contributed by atoms with Crippen molar-refractivity contribution in [3.8, 4) is 12.3 Å². The van der Waals surface area contributed by atoms with Gasteiger partial charge in [0.25, 0.3) is 0 Å². The van der Waals surface area contributed by atoms with Crippen molar-refractivity contribution in [3.63, 3.8) is 0 Å². The van der Waals surface area contributed by atoms with Crippen molar-refractivity contribution in [3.05, 3.63) is 24.2 Å². The van der Waals surface area contributed by atoms with E-state index in [0.717, 1.165) is 25.1 Å². The van der Waals surface area contributed by atoms with Crippen LogP contribution in [0, 0.1) is 12.3 Å². The fraction of sp³-hybridized carbons (Fsp3) is 0.455. The van der Waals surface area contributed by atoms with Gasteiger partial charge in [-0.3, -0.25) is 0 Å². The van der Waals surface area contributed by atoms with Gasteiger partial charge in [0, 0.05) is 6.42 Å². The predicted molar refractivity (Wildman–Crippen MR) is 53.2 cm³/mol. The van der Waals surface area contributed by atoms with E-state index in [-0.39, 0.29) is 6.04 Å². The molecule has 1 heterocycles. The van der Waals surface area contributed by atoms with E-state index in [9.17, 15) is 0 Å². The maximum atomic E-state index is 5.25. The topological polar surface area (TPSA) is 25.2 Å². The average molecular weight is 177 g/mol. The number of hydrogen-bond donors (Lipinski definition) is 1. The minimum absolute atomic E-state index is 0.271. The second-order valence-corrected chi connectivity index (χ2v) is 3.00. The average Bonchev–Trinajstić information content (AvgIpc) is 2.65. The molecule has 1 unspecified atom stereocenters. The molecule has 2 nitrogen and oxygen atoms in total. The van der Waals surface area contributed by atoms with E-state index in [1.165, 1.54) is 0 Å². The first-order chi connectivity index (χ1) is 6.34. The summed E-state index contributed by atoms with van der Waals surface area (Å²) >= 11 is 0. The van der Waals surface area contributed by atoms with Gasteiger partial charge in [-0.05, 0) is 32.0 Å². The Morgan fingerprint density at radius 2 is 2.54 bits per heavy atom. The summed E-state index contributed by atoms with van der Waals surface area (Å²) < 4.78 is 5.25. The van der Waals surface area contributed by atoms with Crippen molar-refractivity contribution in [1.82, 2.24) is 5.32 Å². The van der Waals surface area contributed by atoms with Gasteiger partial charge in [-0.25, -0.2) is 0 Å². The second-order valence-electron chi connectivity index (χ2n) is 3.00. The fourth-order valence-corrected chi connectivity index (χ4v) is 1.15. The summed E-state index contributed by atoms with van der Waals surface area (Å²) in [6.45, 7) is 3.01. The standard InChI is InChI=1S/C11H15NO/c1-3-4-5-8-12-10(2)11-7-6-9-13-11/h1,6-7,9-10,12H,4-5,8H2,2H3. The van der Waals surface area contributed by atoms with E-state index in [4.69, 9.17) is 10.8 Å². The highest BCUT2D eigenvalue weighted by atomic mass is 16.3. The minimum atomic E-state index is 0.271. The molecule has 1 aromatic heterocycles. The lowest BCUT2D eigenvalue weighted by Crippen LogP contribution is -2.19. The van der Waals surface area contributed by atoms with Crippen molar-refractivity contribution in [1.29, 1.82) is 0 Å². The zero-order valence-corrected chi connectivity index (χ0v) is 7.92. The molecule has 1 N–H and O–H groups in total. The zero-order valence-electron chi connectivity index (χ0n) is 7.92. The molecule has 0 aromatic carbocycles. The quantitative estimate of drug-likeness (QED) is 0.551. The minimum Gasteiger partial charge on any atom is -0.468 e. The van der Waals surface area contributed by atoms with Crippen LogP contribution < -0.4 is 5.32 Å². The highest BCUT2D eigenvalue weighted by molar-refractivity contribution is 5.02. The zero-order chi connectivity index (χ0) is 9.52. The van der Waals surface area contributed by atoms with Crippen LogP contribution in [0.1, 0.15) is 31.6 Å². The lowest BCUT2D eigenvalue weighted by Gasteiger charge is -2.09. The van der Waals surface area contributed by atoms with Gasteiger partial charge in [-0.1, -0.05) is 0 Å². The molecule has 0 bridgehead atoms. The maximum Gasteiger partial charge on any atom is 0.120 e. The summed E-state index contributed by atoms with van der Waals surface area (Å²) in [5, 5.41) is 3.33. The van der Waals surface area contributed by atoms with Crippen LogP contribution in [0.5, 0.6) is 0 Å². The van der Waals surface area contributed by atoms with Crippen LogP contribution in [-0.4, -0.2) is 6.54 Å². The van der Waals surface area contributed by atoms with E-state index in [0.29, 0.717) is 0 Å². The third-order valence-corrected chi connectivity index (χ3v) is 1.92. The number of furan rings is 1. The molecule has 1 aromatic rings. The van der Waals surface area contributed by atoms with Crippen molar-refractivity contribution >= 4 is 0 Å². The van der Waals surface area contributed by atoms with Gasteiger partial charge in [0.15, 0.2) is 0 Å². The smallest absolute Gasteiger partial charge is 0.120 e. The molecule has 1 atom stereocenters. The highest BCUT2D eigenvalue weighted by Crippen LogP contribution is 2.11. The SMILES string of the molecule is C#CCCCNC(C)c1ccco1. The summed E-state index contributed by atoms with van der Waals surface area (Å²) in [7, 11) is 0. The Kier molecular flexibility index (Phi) is 4.14. The molecular weight excluding hydrogens is 162 g/mol. The first-order valence-corrected chi connectivity index (χ1v) is 4.55. The lowest BCUT2D eigenvalue weighted by atomic mass is 10.2. The Morgan fingerprint density at radius 3 is 3.15 bits per heavy atom. The number of unbranched alkanes of at least 4 members (excludes halogenated alkanes) is 1. The first kappa shape index (κ1) is 9.88. The largest absolute Gasteiger partial charge is 0.468 e. The van der Waals surface area contributed by atoms with Gasteiger partial charge in [0.1, 0.15) is 5.76 Å². The Morgan fingerprint density at radius 1 is 1.69 bits per heavy atom. The van der Waals surface area contributed by atoms with Gasteiger partial charge >= 0.3 is 0 Å². The van der Waals surface area contributed by atoms with Crippen molar-refractivity contribution in [2.75, 3.05) is 6.54 Å². The molecule has 13 heavy (non-hydrogen) atoms. The molecule has 0 aliphatic carbocycles. The fourth-order valence-electron chi connectivity index (χ4n) is 1.15. The van der Waals surface area contributed by atoms with Crippen LogP contribution in [0.25, 0.3) is 0 Å². The monoisotopic (exact) mass is 177 g/mol. The van der Waals surface area contributed by atoms with Gasteiger partial charge in [-0.15, -0.1) is 12.3 Å². The summed E-state index contributed by atoms with van der Waals surface area (Å²) in [6, 6.07) is 4.14. The molecule has 0 saturated heterocycles. The Bertz CT molecular complexity index is 258. The van der Waals surface area contributed by atoms with Gasteiger partial charge in [-0.2, -0.15) is 0 Å². The second kappa shape index (κ2) is 5.45. The van der Waals surface area contributed by atoms with E-state index in [2.05, 4.69) is 18.2 Å². The Hall–Kier alpha value is -1.20. The van der Waals surface area contributed by atoms with Crippen molar-refractivity contribution < 1.29 is 4.42 Å². The summed E-state index contributed by atoms with van der Waals surface area (Å²) in [5.41, 5.74) is 0. The van der Waals surface area contributed by atoms with Crippen molar-refractivity contribution in [2.45, 2.75) is 25.8 Å². The first-order valence-electron chi connectivity index (χ1n) is 4.55. The van der Waals surface area contributed by atoms with Crippen molar-refractivity contribution in [2.24, 2.45) is 0 Å². The Balaban J connectivity index is 2.19. The van der Waals surface area contributed by atoms with Gasteiger partial charge in [0.2, 0.25) is 0 Å². The molecule has 0 fully saturated rings. The molecule has 0 radical (unpaired) electrons. The summed E-state index contributed by atoms with van der Waals surface area (Å²) in [6.07, 6.45) is 8.68. The number of nitrogens with one attached hydrogen (secondary N) is 1. The third kappa shape index (κ3) is 3.35. The van der Waals surface area contributed by atoms with Crippen LogP contribution in [0.3, 0.4) is 0 Å². The maximum absolute atomic E-state index is 5.25. The Labute approximate surface area is 79.3 Å². The van der Waals surface area contributed by atoms with E-state index < -0.39 is 0 Å². The molecule has 1 rings (SSSR count). The molecular formula is C11H15NO. The number of terminal acetylenes is 1. The molecule has 70 valence electrons. The molecule has 0 aliphatic rings. The molecule has 0 amide bonds. The van der Waals surface area contributed by atoms with Crippen LogP contribution in [-0.2, 0) is 0 Å². The van der Waals surface area contributed by atoms with E-state index in [1.807, 2.05) is 12.1 Å². The number of hydrogen-bond acceptors (Lipinski definition) is 2. The van der Waals surface area contributed by atoms with Crippen LogP contribution in [0.2, 0.25) is 0 Å². The van der Waals surface area contributed by atoms with E-state index >= 15 is 0 Å². The summed E-state index contributed by atoms with van der Waals surface area (Å²) in [4.78, 5) is 0. The van der Waals surface area contributed by atoms with Gasteiger partial charge in [0.05, 0.1) is 12.3 Å². The van der Waals surface area contributed by atoms with Gasteiger partial charge < -0.3 is 9.73 Å². The molecule has 0 saturated carbocycles. The van der Waals surface area contributed by atoms with Crippen LogP contribution in [0.4, 0.5) is 0 Å². The molecule has 0 spiro atoms. The predicted octanol–water partition coefficient (Wildman–Crippen LogP) is 2.34.